The molecule has 1 N–H and O–H groups in total. The maximum Gasteiger partial charge on any atom is 0.0107 e. The number of hydrogen-bond acceptors (Lipinski definition) is 2. The first-order chi connectivity index (χ1) is 8.81. The van der Waals surface area contributed by atoms with Gasteiger partial charge in [0, 0.05) is 25.7 Å². The summed E-state index contributed by atoms with van der Waals surface area (Å²) in [6, 6.07) is 0.769. The third-order valence-corrected chi connectivity index (χ3v) is 5.21. The van der Waals surface area contributed by atoms with Crippen molar-refractivity contribution in [3.8, 4) is 0 Å². The first-order valence-corrected chi connectivity index (χ1v) is 8.27. The molecule has 2 nitrogen and oxygen atoms in total. The standard InChI is InChI=1S/C16H32N2/c1-3-14-5-7-15(8-6-14)13-18-11-9-16(4-2)17-10-12-18/h14-17H,3-13H2,1-2H3. The monoisotopic (exact) mass is 252 g/mol. The summed E-state index contributed by atoms with van der Waals surface area (Å²) in [7, 11) is 0. The maximum atomic E-state index is 3.67. The Labute approximate surface area is 114 Å². The van der Waals surface area contributed by atoms with Crippen LogP contribution in [0.25, 0.3) is 0 Å². The molecular formula is C16H32N2. The molecule has 1 saturated carbocycles. The van der Waals surface area contributed by atoms with Gasteiger partial charge in [-0.25, -0.2) is 0 Å². The summed E-state index contributed by atoms with van der Waals surface area (Å²) in [5.74, 6) is 2.03. The summed E-state index contributed by atoms with van der Waals surface area (Å²) < 4.78 is 0. The Morgan fingerprint density at radius 1 is 0.889 bits per heavy atom. The van der Waals surface area contributed by atoms with Crippen molar-refractivity contribution in [2.24, 2.45) is 11.8 Å². The minimum Gasteiger partial charge on any atom is -0.313 e. The van der Waals surface area contributed by atoms with Crippen LogP contribution in [0.1, 0.15) is 58.8 Å². The largest absolute Gasteiger partial charge is 0.313 e. The molecule has 1 saturated heterocycles. The third-order valence-electron chi connectivity index (χ3n) is 5.21. The second-order valence-electron chi connectivity index (χ2n) is 6.44. The maximum absolute atomic E-state index is 3.67. The fraction of sp³-hybridized carbons (Fsp3) is 1.00. The van der Waals surface area contributed by atoms with E-state index in [1.807, 2.05) is 0 Å². The molecule has 1 unspecified atom stereocenters. The van der Waals surface area contributed by atoms with E-state index in [-0.39, 0.29) is 0 Å². The van der Waals surface area contributed by atoms with E-state index in [1.165, 1.54) is 71.1 Å². The van der Waals surface area contributed by atoms with E-state index in [1.54, 1.807) is 0 Å². The van der Waals surface area contributed by atoms with Gasteiger partial charge in [-0.1, -0.05) is 33.1 Å². The minimum absolute atomic E-state index is 0.769. The summed E-state index contributed by atoms with van der Waals surface area (Å²) >= 11 is 0. The molecule has 1 atom stereocenters. The van der Waals surface area contributed by atoms with Crippen LogP contribution in [0, 0.1) is 11.8 Å². The molecule has 2 heteroatoms. The predicted molar refractivity (Wildman–Crippen MR) is 78.9 cm³/mol. The molecule has 1 aliphatic carbocycles. The molecule has 0 aromatic heterocycles. The number of hydrogen-bond donors (Lipinski definition) is 1. The summed E-state index contributed by atoms with van der Waals surface area (Å²) in [6.07, 6.45) is 9.99. The number of nitrogens with one attached hydrogen (secondary N) is 1. The van der Waals surface area contributed by atoms with Crippen molar-refractivity contribution in [2.45, 2.75) is 64.8 Å². The van der Waals surface area contributed by atoms with Crippen molar-refractivity contribution in [3.63, 3.8) is 0 Å². The molecule has 2 aliphatic rings. The Balaban J connectivity index is 1.70. The van der Waals surface area contributed by atoms with Crippen molar-refractivity contribution in [3.05, 3.63) is 0 Å². The van der Waals surface area contributed by atoms with Crippen LogP contribution < -0.4 is 5.32 Å². The van der Waals surface area contributed by atoms with Crippen molar-refractivity contribution in [2.75, 3.05) is 26.2 Å². The Kier molecular flexibility index (Phi) is 5.97. The van der Waals surface area contributed by atoms with Crippen LogP contribution in [0.4, 0.5) is 0 Å². The van der Waals surface area contributed by atoms with Crippen LogP contribution >= 0.6 is 0 Å². The van der Waals surface area contributed by atoms with Gasteiger partial charge in [-0.15, -0.1) is 0 Å². The molecule has 0 bridgehead atoms. The van der Waals surface area contributed by atoms with Crippen LogP contribution in [0.5, 0.6) is 0 Å². The highest BCUT2D eigenvalue weighted by molar-refractivity contribution is 4.78. The molecule has 1 heterocycles. The Morgan fingerprint density at radius 3 is 2.28 bits per heavy atom. The van der Waals surface area contributed by atoms with E-state index in [0.29, 0.717) is 0 Å². The summed E-state index contributed by atoms with van der Waals surface area (Å²) in [5, 5.41) is 3.67. The Morgan fingerprint density at radius 2 is 1.61 bits per heavy atom. The lowest BCUT2D eigenvalue weighted by Crippen LogP contribution is -2.34. The molecular weight excluding hydrogens is 220 g/mol. The van der Waals surface area contributed by atoms with Gasteiger partial charge in [-0.05, 0) is 44.1 Å². The van der Waals surface area contributed by atoms with E-state index in [0.717, 1.165) is 17.9 Å². The van der Waals surface area contributed by atoms with Gasteiger partial charge in [0.05, 0.1) is 0 Å². The number of rotatable bonds is 4. The van der Waals surface area contributed by atoms with E-state index in [9.17, 15) is 0 Å². The molecule has 0 spiro atoms. The Bertz CT molecular complexity index is 221. The van der Waals surface area contributed by atoms with Crippen LogP contribution in [0.2, 0.25) is 0 Å². The van der Waals surface area contributed by atoms with Crippen LogP contribution in [-0.4, -0.2) is 37.1 Å². The lowest BCUT2D eigenvalue weighted by Gasteiger charge is -2.32. The van der Waals surface area contributed by atoms with Gasteiger partial charge < -0.3 is 10.2 Å². The van der Waals surface area contributed by atoms with Gasteiger partial charge in [0.1, 0.15) is 0 Å². The normalized spacial score (nSPS) is 35.3. The molecule has 18 heavy (non-hydrogen) atoms. The molecule has 0 aromatic rings. The van der Waals surface area contributed by atoms with Gasteiger partial charge in [-0.2, -0.15) is 0 Å². The molecule has 106 valence electrons. The SMILES string of the molecule is CCC1CCC(CN2CCNC(CC)CC2)CC1. The molecule has 0 amide bonds. The fourth-order valence-corrected chi connectivity index (χ4v) is 3.70. The quantitative estimate of drug-likeness (QED) is 0.826. The first kappa shape index (κ1) is 14.3. The molecule has 0 radical (unpaired) electrons. The van der Waals surface area contributed by atoms with Crippen LogP contribution in [0.3, 0.4) is 0 Å². The second kappa shape index (κ2) is 7.49. The van der Waals surface area contributed by atoms with Crippen molar-refractivity contribution in [1.82, 2.24) is 10.2 Å². The predicted octanol–water partition coefficient (Wildman–Crippen LogP) is 3.28. The van der Waals surface area contributed by atoms with Crippen molar-refractivity contribution >= 4 is 0 Å². The zero-order valence-electron chi connectivity index (χ0n) is 12.5. The highest BCUT2D eigenvalue weighted by Crippen LogP contribution is 2.31. The lowest BCUT2D eigenvalue weighted by atomic mass is 9.80. The van der Waals surface area contributed by atoms with E-state index in [4.69, 9.17) is 0 Å². The molecule has 2 fully saturated rings. The average molecular weight is 252 g/mol. The lowest BCUT2D eigenvalue weighted by molar-refractivity contribution is 0.184. The molecule has 2 rings (SSSR count). The van der Waals surface area contributed by atoms with Gasteiger partial charge in [-0.3, -0.25) is 0 Å². The van der Waals surface area contributed by atoms with Crippen molar-refractivity contribution in [1.29, 1.82) is 0 Å². The van der Waals surface area contributed by atoms with Gasteiger partial charge in [0.2, 0.25) is 0 Å². The summed E-state index contributed by atoms with van der Waals surface area (Å²) in [6.45, 7) is 9.82. The van der Waals surface area contributed by atoms with Crippen molar-refractivity contribution < 1.29 is 0 Å². The highest BCUT2D eigenvalue weighted by atomic mass is 15.2. The zero-order valence-corrected chi connectivity index (χ0v) is 12.5. The van der Waals surface area contributed by atoms with E-state index in [2.05, 4.69) is 24.1 Å². The van der Waals surface area contributed by atoms with Gasteiger partial charge >= 0.3 is 0 Å². The minimum atomic E-state index is 0.769. The zero-order chi connectivity index (χ0) is 12.8. The van der Waals surface area contributed by atoms with Gasteiger partial charge in [0.25, 0.3) is 0 Å². The van der Waals surface area contributed by atoms with Crippen LogP contribution in [0.15, 0.2) is 0 Å². The third kappa shape index (κ3) is 4.24. The topological polar surface area (TPSA) is 15.3 Å². The van der Waals surface area contributed by atoms with Crippen LogP contribution in [-0.2, 0) is 0 Å². The Hall–Kier alpha value is -0.0800. The molecule has 0 aromatic carbocycles. The summed E-state index contributed by atoms with van der Waals surface area (Å²) in [4.78, 5) is 2.72. The van der Waals surface area contributed by atoms with E-state index < -0.39 is 0 Å². The van der Waals surface area contributed by atoms with E-state index >= 15 is 0 Å². The molecule has 1 aliphatic heterocycles. The summed E-state index contributed by atoms with van der Waals surface area (Å²) in [5.41, 5.74) is 0. The smallest absolute Gasteiger partial charge is 0.0107 e. The number of nitrogens with zero attached hydrogens (tertiary/aromatic N) is 1. The highest BCUT2D eigenvalue weighted by Gasteiger charge is 2.23. The first-order valence-electron chi connectivity index (χ1n) is 8.27. The van der Waals surface area contributed by atoms with Gasteiger partial charge in [0.15, 0.2) is 0 Å². The average Bonchev–Trinajstić information content (AvgIpc) is 2.65. The second-order valence-corrected chi connectivity index (χ2v) is 6.44. The fourth-order valence-electron chi connectivity index (χ4n) is 3.70.